The van der Waals surface area contributed by atoms with Gasteiger partial charge in [0.1, 0.15) is 28.8 Å². The van der Waals surface area contributed by atoms with Gasteiger partial charge in [0, 0.05) is 22.8 Å². The van der Waals surface area contributed by atoms with Crippen LogP contribution in [0.15, 0.2) is 60.7 Å². The normalized spacial score (nSPS) is 10.8. The van der Waals surface area contributed by atoms with E-state index in [1.165, 1.54) is 30.3 Å². The van der Waals surface area contributed by atoms with Crippen LogP contribution in [0, 0.1) is 5.82 Å². The number of aromatic hydroxyl groups is 1. The predicted octanol–water partition coefficient (Wildman–Crippen LogP) is 5.90. The van der Waals surface area contributed by atoms with Gasteiger partial charge in [-0.05, 0) is 48.5 Å². The van der Waals surface area contributed by atoms with Crippen molar-refractivity contribution in [1.82, 2.24) is 4.98 Å². The summed E-state index contributed by atoms with van der Waals surface area (Å²) in [6.45, 7) is 0. The molecule has 0 aliphatic carbocycles. The monoisotopic (exact) mass is 412 g/mol. The molecule has 0 unspecified atom stereocenters. The number of hydrogen-bond acceptors (Lipinski definition) is 4. The Labute approximate surface area is 169 Å². The molecule has 6 nitrogen and oxygen atoms in total. The van der Waals surface area contributed by atoms with Gasteiger partial charge in [-0.15, -0.1) is 0 Å². The van der Waals surface area contributed by atoms with Crippen molar-refractivity contribution in [3.05, 3.63) is 77.2 Å². The van der Waals surface area contributed by atoms with E-state index in [2.05, 4.69) is 10.3 Å². The van der Waals surface area contributed by atoms with Crippen LogP contribution in [0.4, 0.5) is 15.8 Å². The van der Waals surface area contributed by atoms with Gasteiger partial charge in [-0.2, -0.15) is 0 Å². The first-order valence-corrected chi connectivity index (χ1v) is 8.86. The van der Waals surface area contributed by atoms with Crippen LogP contribution in [0.2, 0.25) is 5.02 Å². The number of halogens is 2. The molecular weight excluding hydrogens is 399 g/mol. The van der Waals surface area contributed by atoms with Crippen LogP contribution in [-0.2, 0) is 0 Å². The Balaban J connectivity index is 1.62. The molecule has 8 heteroatoms. The molecule has 0 amide bonds. The quantitative estimate of drug-likeness (QED) is 0.327. The summed E-state index contributed by atoms with van der Waals surface area (Å²) in [7, 11) is 0. The Morgan fingerprint density at radius 3 is 2.66 bits per heavy atom. The van der Waals surface area contributed by atoms with Gasteiger partial charge in [-0.1, -0.05) is 17.7 Å². The zero-order valence-corrected chi connectivity index (χ0v) is 15.5. The van der Waals surface area contributed by atoms with Gasteiger partial charge < -0.3 is 25.3 Å². The van der Waals surface area contributed by atoms with E-state index in [1.54, 1.807) is 30.3 Å². The number of aromatic amines is 1. The van der Waals surface area contributed by atoms with Crippen molar-refractivity contribution in [2.24, 2.45) is 0 Å². The molecule has 0 spiro atoms. The highest BCUT2D eigenvalue weighted by Crippen LogP contribution is 2.35. The second-order valence-electron chi connectivity index (χ2n) is 6.24. The van der Waals surface area contributed by atoms with E-state index in [4.69, 9.17) is 21.4 Å². The Bertz CT molecular complexity index is 1240. The van der Waals surface area contributed by atoms with Crippen molar-refractivity contribution in [3.63, 3.8) is 0 Å². The molecule has 1 heterocycles. The third-order valence-corrected chi connectivity index (χ3v) is 4.53. The molecule has 0 radical (unpaired) electrons. The summed E-state index contributed by atoms with van der Waals surface area (Å²) >= 11 is 6.30. The lowest BCUT2D eigenvalue weighted by Gasteiger charge is -2.12. The van der Waals surface area contributed by atoms with Crippen LogP contribution in [0.5, 0.6) is 17.2 Å². The highest BCUT2D eigenvalue weighted by Gasteiger charge is 2.14. The summed E-state index contributed by atoms with van der Waals surface area (Å²) in [5.41, 5.74) is 1.11. The fourth-order valence-electron chi connectivity index (χ4n) is 2.90. The minimum absolute atomic E-state index is 0.0736. The highest BCUT2D eigenvalue weighted by molar-refractivity contribution is 6.32. The highest BCUT2D eigenvalue weighted by atomic mass is 35.5. The summed E-state index contributed by atoms with van der Waals surface area (Å²) in [6.07, 6.45) is 0. The first-order valence-electron chi connectivity index (χ1n) is 8.48. The molecule has 4 N–H and O–H groups in total. The molecule has 4 rings (SSSR count). The molecule has 29 heavy (non-hydrogen) atoms. The first kappa shape index (κ1) is 18.6. The van der Waals surface area contributed by atoms with E-state index in [0.717, 1.165) is 0 Å². The van der Waals surface area contributed by atoms with Gasteiger partial charge in [0.2, 0.25) is 0 Å². The van der Waals surface area contributed by atoms with Crippen LogP contribution < -0.4 is 10.1 Å². The maximum Gasteiger partial charge on any atom is 0.352 e. The largest absolute Gasteiger partial charge is 0.508 e. The second kappa shape index (κ2) is 7.37. The number of aromatic nitrogens is 1. The number of carboxylic acids is 1. The van der Waals surface area contributed by atoms with Gasteiger partial charge in [0.15, 0.2) is 0 Å². The molecule has 0 aliphatic heterocycles. The molecule has 0 bridgehead atoms. The molecule has 3 aromatic carbocycles. The number of carboxylic acid groups (broad SMARTS) is 1. The molecule has 1 aromatic heterocycles. The fourth-order valence-corrected chi connectivity index (χ4v) is 3.12. The number of anilines is 2. The first-order chi connectivity index (χ1) is 13.9. The zero-order chi connectivity index (χ0) is 20.5. The summed E-state index contributed by atoms with van der Waals surface area (Å²) < 4.78 is 19.7. The Morgan fingerprint density at radius 2 is 1.93 bits per heavy atom. The molecule has 0 atom stereocenters. The lowest BCUT2D eigenvalue weighted by molar-refractivity contribution is 0.0691. The van der Waals surface area contributed by atoms with E-state index in [9.17, 15) is 14.3 Å². The number of H-pyrrole nitrogens is 1. The molecule has 0 fully saturated rings. The Morgan fingerprint density at radius 1 is 1.10 bits per heavy atom. The van der Waals surface area contributed by atoms with Gasteiger partial charge in [0.05, 0.1) is 10.5 Å². The number of fused-ring (bicyclic) bond motifs is 1. The fraction of sp³-hybridized carbons (Fsp3) is 0. The van der Waals surface area contributed by atoms with Crippen LogP contribution in [0.1, 0.15) is 10.5 Å². The summed E-state index contributed by atoms with van der Waals surface area (Å²) in [4.78, 5) is 13.7. The second-order valence-corrected chi connectivity index (χ2v) is 6.65. The number of nitrogens with one attached hydrogen (secondary N) is 2. The maximum atomic E-state index is 14.0. The van der Waals surface area contributed by atoms with Crippen molar-refractivity contribution in [2.45, 2.75) is 0 Å². The summed E-state index contributed by atoms with van der Waals surface area (Å²) in [6, 6.07) is 15.4. The number of phenols is 1. The number of carbonyl (C=O) groups is 1. The van der Waals surface area contributed by atoms with Crippen LogP contribution in [0.3, 0.4) is 0 Å². The molecular formula is C21H14ClFN2O4. The number of ether oxygens (including phenoxy) is 1. The average Bonchev–Trinajstić information content (AvgIpc) is 3.13. The standard InChI is InChI=1S/C21H14ClFN2O4/c22-15-8-11(4-7-19(15)29-13-3-1-2-12(26)9-13)24-17-6-5-16(23)20-14(17)10-18(25-20)21(27)28/h1-10,24-26H,(H,27,28). The lowest BCUT2D eigenvalue weighted by atomic mass is 10.2. The van der Waals surface area contributed by atoms with Gasteiger partial charge in [-0.25, -0.2) is 9.18 Å². The van der Waals surface area contributed by atoms with E-state index in [1.807, 2.05) is 0 Å². The third kappa shape index (κ3) is 3.81. The van der Waals surface area contributed by atoms with Crippen molar-refractivity contribution in [1.29, 1.82) is 0 Å². The molecule has 0 aliphatic rings. The molecule has 0 saturated heterocycles. The van der Waals surface area contributed by atoms with Crippen LogP contribution >= 0.6 is 11.6 Å². The third-order valence-electron chi connectivity index (χ3n) is 4.23. The summed E-state index contributed by atoms with van der Waals surface area (Å²) in [5, 5.41) is 22.5. The molecule has 146 valence electrons. The minimum atomic E-state index is -1.18. The van der Waals surface area contributed by atoms with Crippen molar-refractivity contribution in [2.75, 3.05) is 5.32 Å². The average molecular weight is 413 g/mol. The van der Waals surface area contributed by atoms with Crippen molar-refractivity contribution >= 4 is 39.8 Å². The van der Waals surface area contributed by atoms with Crippen molar-refractivity contribution < 1.29 is 24.1 Å². The SMILES string of the molecule is O=C(O)c1cc2c(Nc3ccc(Oc4cccc(O)c4)c(Cl)c3)ccc(F)c2[nH]1. The predicted molar refractivity (Wildman–Crippen MR) is 108 cm³/mol. The van der Waals surface area contributed by atoms with Crippen LogP contribution in [0.25, 0.3) is 10.9 Å². The topological polar surface area (TPSA) is 94.6 Å². The van der Waals surface area contributed by atoms with Gasteiger partial charge in [0.25, 0.3) is 0 Å². The number of rotatable bonds is 5. The Kier molecular flexibility index (Phi) is 4.74. The van der Waals surface area contributed by atoms with E-state index < -0.39 is 11.8 Å². The van der Waals surface area contributed by atoms with E-state index >= 15 is 0 Å². The number of phenolic OH excluding ortho intramolecular Hbond substituents is 1. The summed E-state index contributed by atoms with van der Waals surface area (Å²) in [5.74, 6) is -0.832. The van der Waals surface area contributed by atoms with Gasteiger partial charge in [-0.3, -0.25) is 0 Å². The van der Waals surface area contributed by atoms with E-state index in [-0.39, 0.29) is 17.0 Å². The number of aromatic carboxylic acids is 1. The van der Waals surface area contributed by atoms with Crippen LogP contribution in [-0.4, -0.2) is 21.2 Å². The smallest absolute Gasteiger partial charge is 0.352 e. The van der Waals surface area contributed by atoms with E-state index in [0.29, 0.717) is 33.3 Å². The number of benzene rings is 3. The Hall–Kier alpha value is -3.71. The number of hydrogen-bond donors (Lipinski definition) is 4. The lowest BCUT2D eigenvalue weighted by Crippen LogP contribution is -1.95. The molecule has 4 aromatic rings. The zero-order valence-electron chi connectivity index (χ0n) is 14.7. The molecule has 0 saturated carbocycles. The minimum Gasteiger partial charge on any atom is -0.508 e. The van der Waals surface area contributed by atoms with Crippen molar-refractivity contribution in [3.8, 4) is 17.2 Å². The maximum absolute atomic E-state index is 14.0. The van der Waals surface area contributed by atoms with Gasteiger partial charge >= 0.3 is 5.97 Å².